The average Bonchev–Trinajstić information content (AvgIpc) is 2.96. The molecule has 0 saturated heterocycles. The molecule has 0 saturated carbocycles. The van der Waals surface area contributed by atoms with Crippen molar-refractivity contribution in [1.82, 2.24) is 4.98 Å². The van der Waals surface area contributed by atoms with Crippen LogP contribution in [-0.4, -0.2) is 28.4 Å². The summed E-state index contributed by atoms with van der Waals surface area (Å²) in [5.41, 5.74) is 2.22. The number of ether oxygens (including phenoxy) is 1. The van der Waals surface area contributed by atoms with Gasteiger partial charge in [0.2, 0.25) is 0 Å². The van der Waals surface area contributed by atoms with Gasteiger partial charge in [-0.3, -0.25) is 4.79 Å². The number of aryl methyl sites for hydroxylation is 2. The van der Waals surface area contributed by atoms with Gasteiger partial charge < -0.3 is 9.84 Å². The van der Waals surface area contributed by atoms with Crippen LogP contribution in [0.5, 0.6) is 5.75 Å². The van der Waals surface area contributed by atoms with E-state index in [0.29, 0.717) is 12.4 Å². The topological polar surface area (TPSA) is 59.4 Å². The van der Waals surface area contributed by atoms with Crippen molar-refractivity contribution in [3.05, 3.63) is 45.4 Å². The second kappa shape index (κ2) is 13.6. The van der Waals surface area contributed by atoms with E-state index in [1.807, 2.05) is 45.0 Å². The molecule has 6 heteroatoms. The molecule has 0 unspecified atom stereocenters. The highest BCUT2D eigenvalue weighted by molar-refractivity contribution is 7.99. The summed E-state index contributed by atoms with van der Waals surface area (Å²) in [6, 6.07) is 7.83. The molecule has 2 aromatic rings. The Kier molecular flexibility index (Phi) is 12.8. The molecule has 0 fully saturated rings. The lowest BCUT2D eigenvalue weighted by Crippen LogP contribution is -2.03. The Balaban J connectivity index is 0.00000201. The Labute approximate surface area is 166 Å². The summed E-state index contributed by atoms with van der Waals surface area (Å²) in [6.45, 7) is 8.78. The van der Waals surface area contributed by atoms with Crippen molar-refractivity contribution in [3.63, 3.8) is 0 Å². The highest BCUT2D eigenvalue weighted by atomic mass is 32.2. The third-order valence-electron chi connectivity index (χ3n) is 3.21. The SMILES string of the molecule is C.CC.CCc1sc(C)nc1CCOc1cccc(CSCC(=O)O)c1. The molecule has 0 radical (unpaired) electrons. The fourth-order valence-electron chi connectivity index (χ4n) is 2.23. The van der Waals surface area contributed by atoms with Crippen molar-refractivity contribution < 1.29 is 14.6 Å². The largest absolute Gasteiger partial charge is 0.493 e. The third-order valence-corrected chi connectivity index (χ3v) is 5.35. The van der Waals surface area contributed by atoms with Gasteiger partial charge >= 0.3 is 5.97 Å². The van der Waals surface area contributed by atoms with Crippen LogP contribution in [0.25, 0.3) is 0 Å². The van der Waals surface area contributed by atoms with Crippen LogP contribution in [0.4, 0.5) is 0 Å². The predicted octanol–water partition coefficient (Wildman–Crippen LogP) is 5.62. The standard InChI is InChI=1S/C17H21NO3S2.C2H6.CH4/c1-3-16-15(18-12(2)23-16)7-8-21-14-6-4-5-13(9-14)10-22-11-17(19)20;1-2;/h4-6,9H,3,7-8,10-11H2,1-2H3,(H,19,20);1-2H3;1H4. The number of rotatable bonds is 9. The highest BCUT2D eigenvalue weighted by Crippen LogP contribution is 2.21. The number of thiazole rings is 1. The number of carboxylic acid groups (broad SMARTS) is 1. The van der Waals surface area contributed by atoms with Gasteiger partial charge in [0.15, 0.2) is 0 Å². The van der Waals surface area contributed by atoms with Crippen molar-refractivity contribution in [3.8, 4) is 5.75 Å². The van der Waals surface area contributed by atoms with Crippen molar-refractivity contribution in [1.29, 1.82) is 0 Å². The van der Waals surface area contributed by atoms with Crippen LogP contribution in [0.2, 0.25) is 0 Å². The van der Waals surface area contributed by atoms with Gasteiger partial charge in [0.05, 0.1) is 23.1 Å². The second-order valence-corrected chi connectivity index (χ2v) is 7.36. The Morgan fingerprint density at radius 1 is 1.35 bits per heavy atom. The van der Waals surface area contributed by atoms with E-state index in [4.69, 9.17) is 9.84 Å². The minimum atomic E-state index is -0.785. The first-order chi connectivity index (χ1) is 12.1. The number of hydrogen-bond acceptors (Lipinski definition) is 5. The van der Waals surface area contributed by atoms with Gasteiger partial charge in [-0.2, -0.15) is 0 Å². The van der Waals surface area contributed by atoms with Gasteiger partial charge in [-0.05, 0) is 31.0 Å². The number of aliphatic carboxylic acids is 1. The molecule has 1 N–H and O–H groups in total. The molecule has 1 aromatic carbocycles. The molecule has 0 aliphatic rings. The molecule has 1 aromatic heterocycles. The highest BCUT2D eigenvalue weighted by Gasteiger charge is 2.07. The zero-order valence-corrected chi connectivity index (χ0v) is 17.0. The van der Waals surface area contributed by atoms with Crippen LogP contribution < -0.4 is 4.74 Å². The summed E-state index contributed by atoms with van der Waals surface area (Å²) < 4.78 is 5.83. The zero-order chi connectivity index (χ0) is 18.7. The summed E-state index contributed by atoms with van der Waals surface area (Å²) in [4.78, 5) is 16.4. The first kappa shape index (κ1) is 24.5. The van der Waals surface area contributed by atoms with E-state index in [1.165, 1.54) is 16.6 Å². The first-order valence-corrected chi connectivity index (χ1v) is 10.5. The monoisotopic (exact) mass is 397 g/mol. The van der Waals surface area contributed by atoms with E-state index in [9.17, 15) is 4.79 Å². The Bertz CT molecular complexity index is 656. The number of nitrogens with zero attached hydrogens (tertiary/aromatic N) is 1. The van der Waals surface area contributed by atoms with E-state index in [0.717, 1.165) is 34.9 Å². The Morgan fingerprint density at radius 2 is 2.08 bits per heavy atom. The van der Waals surface area contributed by atoms with Gasteiger partial charge in [0, 0.05) is 17.1 Å². The van der Waals surface area contributed by atoms with Crippen LogP contribution in [0, 0.1) is 6.92 Å². The van der Waals surface area contributed by atoms with Crippen molar-refractivity contribution in [2.45, 2.75) is 53.7 Å². The molecule has 0 bridgehead atoms. The summed E-state index contributed by atoms with van der Waals surface area (Å²) >= 11 is 3.14. The van der Waals surface area contributed by atoms with E-state index < -0.39 is 5.97 Å². The molecule has 0 aliphatic heterocycles. The first-order valence-electron chi connectivity index (χ1n) is 8.55. The van der Waals surface area contributed by atoms with E-state index in [2.05, 4.69) is 11.9 Å². The minimum Gasteiger partial charge on any atom is -0.493 e. The van der Waals surface area contributed by atoms with Crippen LogP contribution >= 0.6 is 23.1 Å². The molecule has 4 nitrogen and oxygen atoms in total. The van der Waals surface area contributed by atoms with E-state index in [1.54, 1.807) is 11.3 Å². The number of carbonyl (C=O) groups is 1. The van der Waals surface area contributed by atoms with Crippen LogP contribution in [0.15, 0.2) is 24.3 Å². The number of hydrogen-bond donors (Lipinski definition) is 1. The summed E-state index contributed by atoms with van der Waals surface area (Å²) in [5.74, 6) is 0.833. The quantitative estimate of drug-likeness (QED) is 0.595. The number of thioether (sulfide) groups is 1. The van der Waals surface area contributed by atoms with Crippen LogP contribution in [0.3, 0.4) is 0 Å². The minimum absolute atomic E-state index is 0. The van der Waals surface area contributed by atoms with Gasteiger partial charge in [-0.1, -0.05) is 40.3 Å². The molecule has 0 aliphatic carbocycles. The number of benzene rings is 1. The summed E-state index contributed by atoms with van der Waals surface area (Å²) in [7, 11) is 0. The zero-order valence-electron chi connectivity index (χ0n) is 15.4. The lowest BCUT2D eigenvalue weighted by molar-refractivity contribution is -0.133. The van der Waals surface area contributed by atoms with Gasteiger partial charge in [0.25, 0.3) is 0 Å². The van der Waals surface area contributed by atoms with Gasteiger partial charge in [0.1, 0.15) is 5.75 Å². The molecule has 0 spiro atoms. The smallest absolute Gasteiger partial charge is 0.313 e. The van der Waals surface area contributed by atoms with Gasteiger partial charge in [-0.25, -0.2) is 4.98 Å². The van der Waals surface area contributed by atoms with Gasteiger partial charge in [-0.15, -0.1) is 23.1 Å². The van der Waals surface area contributed by atoms with Crippen molar-refractivity contribution in [2.75, 3.05) is 12.4 Å². The van der Waals surface area contributed by atoms with Crippen LogP contribution in [-0.2, 0) is 23.4 Å². The normalized spacial score (nSPS) is 9.69. The molecule has 146 valence electrons. The van der Waals surface area contributed by atoms with E-state index in [-0.39, 0.29) is 13.2 Å². The van der Waals surface area contributed by atoms with E-state index >= 15 is 0 Å². The molecule has 2 rings (SSSR count). The predicted molar refractivity (Wildman–Crippen MR) is 114 cm³/mol. The molecule has 1 heterocycles. The fraction of sp³-hybridized carbons (Fsp3) is 0.500. The lowest BCUT2D eigenvalue weighted by atomic mass is 10.2. The molecular weight excluding hydrogens is 366 g/mol. The maximum atomic E-state index is 10.5. The van der Waals surface area contributed by atoms with Crippen LogP contribution in [0.1, 0.15) is 49.3 Å². The lowest BCUT2D eigenvalue weighted by Gasteiger charge is -2.08. The second-order valence-electron chi connectivity index (χ2n) is 5.09. The fourth-order valence-corrected chi connectivity index (χ4v) is 3.85. The Morgan fingerprint density at radius 3 is 2.73 bits per heavy atom. The average molecular weight is 398 g/mol. The van der Waals surface area contributed by atoms with Crippen molar-refractivity contribution in [2.24, 2.45) is 0 Å². The molecular formula is C20H31NO3S2. The number of carboxylic acids is 1. The van der Waals surface area contributed by atoms with Crippen molar-refractivity contribution >= 4 is 29.1 Å². The third kappa shape index (κ3) is 8.72. The maximum Gasteiger partial charge on any atom is 0.313 e. The summed E-state index contributed by atoms with van der Waals surface area (Å²) in [5, 5.41) is 9.77. The molecule has 0 amide bonds. The summed E-state index contributed by atoms with van der Waals surface area (Å²) in [6.07, 6.45) is 1.82. The molecule has 0 atom stereocenters. The molecule has 26 heavy (non-hydrogen) atoms. The maximum absolute atomic E-state index is 10.5. The Hall–Kier alpha value is -1.53. The number of aromatic nitrogens is 1.